The molecule has 1 rings (SSSR count). The Morgan fingerprint density at radius 2 is 2.00 bits per heavy atom. The SMILES string of the molecule is CCCN(C(C)C)C(C)CC(C)(NC1CC1)C(=O)O. The first-order chi connectivity index (χ1) is 8.80. The lowest BCUT2D eigenvalue weighted by atomic mass is 9.92. The van der Waals surface area contributed by atoms with Crippen molar-refractivity contribution >= 4 is 5.97 Å². The predicted molar refractivity (Wildman–Crippen MR) is 78.4 cm³/mol. The second-order valence-corrected chi connectivity index (χ2v) is 6.44. The summed E-state index contributed by atoms with van der Waals surface area (Å²) in [5, 5.41) is 12.8. The van der Waals surface area contributed by atoms with Crippen molar-refractivity contribution in [1.29, 1.82) is 0 Å². The number of hydrogen-bond donors (Lipinski definition) is 2. The molecule has 0 aromatic rings. The quantitative estimate of drug-likeness (QED) is 0.676. The molecule has 2 atom stereocenters. The number of nitrogens with one attached hydrogen (secondary N) is 1. The van der Waals surface area contributed by atoms with Crippen LogP contribution in [0.4, 0.5) is 0 Å². The molecule has 1 fully saturated rings. The van der Waals surface area contributed by atoms with Crippen molar-refractivity contribution < 1.29 is 9.90 Å². The Labute approximate surface area is 117 Å². The Hall–Kier alpha value is -0.610. The van der Waals surface area contributed by atoms with E-state index in [-0.39, 0.29) is 6.04 Å². The number of carboxylic acids is 1. The number of carboxylic acid groups (broad SMARTS) is 1. The second kappa shape index (κ2) is 6.71. The fourth-order valence-corrected chi connectivity index (χ4v) is 2.84. The average Bonchev–Trinajstić information content (AvgIpc) is 3.08. The molecular formula is C15H30N2O2. The van der Waals surface area contributed by atoms with Crippen LogP contribution in [0.25, 0.3) is 0 Å². The van der Waals surface area contributed by atoms with E-state index in [4.69, 9.17) is 0 Å². The van der Waals surface area contributed by atoms with Crippen LogP contribution in [0.1, 0.15) is 60.3 Å². The molecule has 0 bridgehead atoms. The molecule has 2 N–H and O–H groups in total. The van der Waals surface area contributed by atoms with Crippen molar-refractivity contribution in [2.24, 2.45) is 0 Å². The molecule has 112 valence electrons. The molecule has 0 aromatic carbocycles. The van der Waals surface area contributed by atoms with Gasteiger partial charge in [0.25, 0.3) is 0 Å². The van der Waals surface area contributed by atoms with Gasteiger partial charge < -0.3 is 5.11 Å². The van der Waals surface area contributed by atoms with Crippen molar-refractivity contribution in [3.05, 3.63) is 0 Å². The van der Waals surface area contributed by atoms with Crippen LogP contribution >= 0.6 is 0 Å². The van der Waals surface area contributed by atoms with Crippen LogP contribution in [0.2, 0.25) is 0 Å². The van der Waals surface area contributed by atoms with Gasteiger partial charge in [0.1, 0.15) is 5.54 Å². The Morgan fingerprint density at radius 1 is 1.42 bits per heavy atom. The summed E-state index contributed by atoms with van der Waals surface area (Å²) in [6, 6.07) is 1.13. The van der Waals surface area contributed by atoms with Crippen LogP contribution < -0.4 is 5.32 Å². The molecule has 0 saturated heterocycles. The zero-order valence-electron chi connectivity index (χ0n) is 13.1. The zero-order chi connectivity index (χ0) is 14.6. The molecule has 2 unspecified atom stereocenters. The van der Waals surface area contributed by atoms with E-state index in [2.05, 4.69) is 37.9 Å². The second-order valence-electron chi connectivity index (χ2n) is 6.44. The minimum Gasteiger partial charge on any atom is -0.480 e. The highest BCUT2D eigenvalue weighted by atomic mass is 16.4. The van der Waals surface area contributed by atoms with E-state index < -0.39 is 11.5 Å². The summed E-state index contributed by atoms with van der Waals surface area (Å²) in [6.45, 7) is 11.5. The van der Waals surface area contributed by atoms with Gasteiger partial charge in [-0.25, -0.2) is 0 Å². The van der Waals surface area contributed by atoms with E-state index >= 15 is 0 Å². The van der Waals surface area contributed by atoms with Gasteiger partial charge in [-0.3, -0.25) is 15.0 Å². The number of rotatable bonds is 9. The van der Waals surface area contributed by atoms with E-state index in [0.29, 0.717) is 18.5 Å². The van der Waals surface area contributed by atoms with Crippen molar-refractivity contribution in [3.8, 4) is 0 Å². The Kier molecular flexibility index (Phi) is 5.81. The van der Waals surface area contributed by atoms with Gasteiger partial charge in [0.05, 0.1) is 0 Å². The first-order valence-electron chi connectivity index (χ1n) is 7.57. The largest absolute Gasteiger partial charge is 0.480 e. The van der Waals surface area contributed by atoms with Gasteiger partial charge in [-0.15, -0.1) is 0 Å². The molecule has 1 aliphatic carbocycles. The Balaban J connectivity index is 2.67. The summed E-state index contributed by atoms with van der Waals surface area (Å²) in [6.07, 6.45) is 3.97. The molecule has 0 aliphatic heterocycles. The topological polar surface area (TPSA) is 52.6 Å². The lowest BCUT2D eigenvalue weighted by Gasteiger charge is -2.37. The Bertz CT molecular complexity index is 303. The van der Waals surface area contributed by atoms with Crippen molar-refractivity contribution in [1.82, 2.24) is 10.2 Å². The van der Waals surface area contributed by atoms with Crippen molar-refractivity contribution in [2.45, 2.75) is 84.0 Å². The molecule has 0 aromatic heterocycles. The maximum atomic E-state index is 11.6. The molecular weight excluding hydrogens is 240 g/mol. The summed E-state index contributed by atoms with van der Waals surface area (Å²) in [4.78, 5) is 14.0. The van der Waals surface area contributed by atoms with E-state index in [0.717, 1.165) is 25.8 Å². The number of carbonyl (C=O) groups is 1. The van der Waals surface area contributed by atoms with Gasteiger partial charge in [0, 0.05) is 18.1 Å². The lowest BCUT2D eigenvalue weighted by Crippen LogP contribution is -2.55. The minimum absolute atomic E-state index is 0.271. The van der Waals surface area contributed by atoms with Gasteiger partial charge in [-0.2, -0.15) is 0 Å². The summed E-state index contributed by atoms with van der Waals surface area (Å²) < 4.78 is 0. The summed E-state index contributed by atoms with van der Waals surface area (Å²) in [5.74, 6) is -0.730. The lowest BCUT2D eigenvalue weighted by molar-refractivity contribution is -0.145. The molecule has 1 saturated carbocycles. The van der Waals surface area contributed by atoms with Gasteiger partial charge in [0.15, 0.2) is 0 Å². The molecule has 0 radical (unpaired) electrons. The van der Waals surface area contributed by atoms with Crippen LogP contribution in [-0.4, -0.2) is 46.2 Å². The highest BCUT2D eigenvalue weighted by Gasteiger charge is 2.40. The maximum absolute atomic E-state index is 11.6. The number of nitrogens with zero attached hydrogens (tertiary/aromatic N) is 1. The highest BCUT2D eigenvalue weighted by molar-refractivity contribution is 5.78. The van der Waals surface area contributed by atoms with Crippen molar-refractivity contribution in [2.75, 3.05) is 6.54 Å². The third kappa shape index (κ3) is 4.77. The molecule has 0 amide bonds. The molecule has 0 spiro atoms. The monoisotopic (exact) mass is 270 g/mol. The van der Waals surface area contributed by atoms with Crippen LogP contribution in [-0.2, 0) is 4.79 Å². The summed E-state index contributed by atoms with van der Waals surface area (Å²) in [5.41, 5.74) is -0.804. The van der Waals surface area contributed by atoms with Crippen LogP contribution in [0.5, 0.6) is 0 Å². The fraction of sp³-hybridized carbons (Fsp3) is 0.933. The summed E-state index contributed by atoms with van der Waals surface area (Å²) in [7, 11) is 0. The Morgan fingerprint density at radius 3 is 2.37 bits per heavy atom. The molecule has 0 heterocycles. The average molecular weight is 270 g/mol. The zero-order valence-corrected chi connectivity index (χ0v) is 13.1. The first kappa shape index (κ1) is 16.4. The third-order valence-corrected chi connectivity index (χ3v) is 3.99. The first-order valence-corrected chi connectivity index (χ1v) is 7.57. The van der Waals surface area contributed by atoms with E-state index in [1.54, 1.807) is 0 Å². The fourth-order valence-electron chi connectivity index (χ4n) is 2.84. The van der Waals surface area contributed by atoms with Gasteiger partial charge in [-0.1, -0.05) is 6.92 Å². The summed E-state index contributed by atoms with van der Waals surface area (Å²) >= 11 is 0. The molecule has 4 heteroatoms. The van der Waals surface area contributed by atoms with Crippen LogP contribution in [0.3, 0.4) is 0 Å². The molecule has 4 nitrogen and oxygen atoms in total. The van der Waals surface area contributed by atoms with Gasteiger partial charge >= 0.3 is 5.97 Å². The minimum atomic E-state index is -0.804. The van der Waals surface area contributed by atoms with E-state index in [1.165, 1.54) is 0 Å². The van der Waals surface area contributed by atoms with Crippen LogP contribution in [0, 0.1) is 0 Å². The maximum Gasteiger partial charge on any atom is 0.323 e. The van der Waals surface area contributed by atoms with E-state index in [9.17, 15) is 9.90 Å². The highest BCUT2D eigenvalue weighted by Crippen LogP contribution is 2.26. The van der Waals surface area contributed by atoms with Crippen LogP contribution in [0.15, 0.2) is 0 Å². The smallest absolute Gasteiger partial charge is 0.323 e. The third-order valence-electron chi connectivity index (χ3n) is 3.99. The van der Waals surface area contributed by atoms with Gasteiger partial charge in [-0.05, 0) is 59.9 Å². The molecule has 1 aliphatic rings. The molecule has 19 heavy (non-hydrogen) atoms. The van der Waals surface area contributed by atoms with E-state index in [1.807, 2.05) is 6.92 Å². The van der Waals surface area contributed by atoms with Gasteiger partial charge in [0.2, 0.25) is 0 Å². The number of aliphatic carboxylic acids is 1. The normalized spacial score (nSPS) is 20.6. The number of hydrogen-bond acceptors (Lipinski definition) is 3. The standard InChI is InChI=1S/C15H30N2O2/c1-6-9-17(11(2)3)12(4)10-15(5,14(18)19)16-13-7-8-13/h11-13,16H,6-10H2,1-5H3,(H,18,19). The predicted octanol–water partition coefficient (Wildman–Crippen LogP) is 2.48. The van der Waals surface area contributed by atoms with Crippen molar-refractivity contribution in [3.63, 3.8) is 0 Å².